The van der Waals surface area contributed by atoms with Crippen molar-refractivity contribution in [1.82, 2.24) is 0 Å². The van der Waals surface area contributed by atoms with Gasteiger partial charge in [0.15, 0.2) is 0 Å². The predicted octanol–water partition coefficient (Wildman–Crippen LogP) is 4.00. The zero-order valence-electron chi connectivity index (χ0n) is 12.0. The van der Waals surface area contributed by atoms with Crippen molar-refractivity contribution in [1.29, 1.82) is 0 Å². The van der Waals surface area contributed by atoms with Crippen LogP contribution in [0.15, 0.2) is 54.6 Å². The minimum Gasteiger partial charge on any atom is -0.496 e. The van der Waals surface area contributed by atoms with Gasteiger partial charge in [-0.15, -0.1) is 0 Å². The summed E-state index contributed by atoms with van der Waals surface area (Å²) in [5.74, 6) is 0.926. The van der Waals surface area contributed by atoms with E-state index in [-0.39, 0.29) is 11.7 Å². The number of carbonyl (C=O) groups excluding carboxylic acids is 1. The van der Waals surface area contributed by atoms with E-state index in [4.69, 9.17) is 4.74 Å². The number of rotatable bonds is 6. The number of para-hydroxylation sites is 1. The molecule has 0 heterocycles. The number of ether oxygens (including phenoxy) is 1. The van der Waals surface area contributed by atoms with Gasteiger partial charge in [-0.05, 0) is 18.1 Å². The Hall–Kier alpha value is -2.09. The van der Waals surface area contributed by atoms with Crippen LogP contribution in [-0.2, 0) is 11.2 Å². The van der Waals surface area contributed by atoms with Gasteiger partial charge in [0.25, 0.3) is 0 Å². The van der Waals surface area contributed by atoms with Gasteiger partial charge in [0.1, 0.15) is 11.5 Å². The molecule has 20 heavy (non-hydrogen) atoms. The fraction of sp³-hybridized carbons (Fsp3) is 0.278. The molecule has 2 aromatic carbocycles. The maximum absolute atomic E-state index is 12.6. The van der Waals surface area contributed by atoms with Crippen molar-refractivity contribution in [3.05, 3.63) is 65.7 Å². The van der Waals surface area contributed by atoms with Crippen LogP contribution >= 0.6 is 0 Å². The van der Waals surface area contributed by atoms with E-state index in [1.54, 1.807) is 7.11 Å². The fourth-order valence-corrected chi connectivity index (χ4v) is 2.50. The first-order valence-corrected chi connectivity index (χ1v) is 6.95. The lowest BCUT2D eigenvalue weighted by Gasteiger charge is -2.17. The molecule has 0 aliphatic rings. The summed E-state index contributed by atoms with van der Waals surface area (Å²) in [4.78, 5) is 12.6. The zero-order chi connectivity index (χ0) is 14.4. The highest BCUT2D eigenvalue weighted by Crippen LogP contribution is 2.30. The van der Waals surface area contributed by atoms with Crippen molar-refractivity contribution in [3.63, 3.8) is 0 Å². The molecule has 0 saturated carbocycles. The third-order valence-corrected chi connectivity index (χ3v) is 3.53. The van der Waals surface area contributed by atoms with Crippen LogP contribution in [0.3, 0.4) is 0 Å². The summed E-state index contributed by atoms with van der Waals surface area (Å²) in [5, 5.41) is 0. The van der Waals surface area contributed by atoms with Crippen LogP contribution in [0.5, 0.6) is 5.75 Å². The Morgan fingerprint density at radius 3 is 2.35 bits per heavy atom. The largest absolute Gasteiger partial charge is 0.496 e. The molecular weight excluding hydrogens is 248 g/mol. The average Bonchev–Trinajstić information content (AvgIpc) is 2.49. The monoisotopic (exact) mass is 268 g/mol. The van der Waals surface area contributed by atoms with Crippen LogP contribution in [0, 0.1) is 0 Å². The number of methoxy groups -OCH3 is 1. The molecule has 0 amide bonds. The summed E-state index contributed by atoms with van der Waals surface area (Å²) in [6, 6.07) is 17.7. The number of Topliss-reactive ketones (excluding diaryl/α,β-unsaturated/α-hetero) is 1. The van der Waals surface area contributed by atoms with Crippen molar-refractivity contribution in [3.8, 4) is 5.75 Å². The zero-order valence-corrected chi connectivity index (χ0v) is 12.0. The van der Waals surface area contributed by atoms with Gasteiger partial charge in [-0.2, -0.15) is 0 Å². The van der Waals surface area contributed by atoms with Crippen molar-refractivity contribution in [2.75, 3.05) is 7.11 Å². The van der Waals surface area contributed by atoms with E-state index < -0.39 is 0 Å². The second-order valence-electron chi connectivity index (χ2n) is 4.83. The van der Waals surface area contributed by atoms with E-state index in [1.807, 2.05) is 61.5 Å². The maximum Gasteiger partial charge on any atom is 0.144 e. The summed E-state index contributed by atoms with van der Waals surface area (Å²) in [6.07, 6.45) is 1.25. The van der Waals surface area contributed by atoms with Crippen LogP contribution in [0.2, 0.25) is 0 Å². The van der Waals surface area contributed by atoms with Crippen molar-refractivity contribution >= 4 is 5.78 Å². The average molecular weight is 268 g/mol. The minimum atomic E-state index is -0.105. The van der Waals surface area contributed by atoms with E-state index in [9.17, 15) is 4.79 Å². The van der Waals surface area contributed by atoms with Crippen LogP contribution in [0.1, 0.15) is 30.4 Å². The van der Waals surface area contributed by atoms with E-state index in [0.717, 1.165) is 23.3 Å². The van der Waals surface area contributed by atoms with E-state index in [1.165, 1.54) is 0 Å². The van der Waals surface area contributed by atoms with Crippen molar-refractivity contribution in [2.24, 2.45) is 0 Å². The van der Waals surface area contributed by atoms with Gasteiger partial charge in [-0.3, -0.25) is 4.79 Å². The Bertz CT molecular complexity index is 561. The Morgan fingerprint density at radius 2 is 1.70 bits per heavy atom. The molecule has 2 nitrogen and oxygen atoms in total. The molecule has 1 atom stereocenters. The fourth-order valence-electron chi connectivity index (χ4n) is 2.50. The van der Waals surface area contributed by atoms with E-state index in [0.29, 0.717) is 6.42 Å². The molecule has 0 bridgehead atoms. The number of carbonyl (C=O) groups is 1. The Kier molecular flexibility index (Phi) is 4.94. The van der Waals surface area contributed by atoms with Gasteiger partial charge in [-0.1, -0.05) is 55.5 Å². The summed E-state index contributed by atoms with van der Waals surface area (Å²) >= 11 is 0. The number of benzene rings is 2. The van der Waals surface area contributed by atoms with Crippen LogP contribution in [-0.4, -0.2) is 12.9 Å². The Balaban J connectivity index is 2.21. The molecule has 0 aromatic heterocycles. The maximum atomic E-state index is 12.6. The number of hydrogen-bond acceptors (Lipinski definition) is 2. The van der Waals surface area contributed by atoms with E-state index >= 15 is 0 Å². The molecule has 2 rings (SSSR count). The first-order chi connectivity index (χ1) is 9.76. The predicted molar refractivity (Wildman–Crippen MR) is 81.2 cm³/mol. The molecular formula is C18H20O2. The summed E-state index contributed by atoms with van der Waals surface area (Å²) in [6.45, 7) is 2.04. The van der Waals surface area contributed by atoms with Crippen molar-refractivity contribution in [2.45, 2.75) is 25.7 Å². The summed E-state index contributed by atoms with van der Waals surface area (Å²) in [7, 11) is 1.65. The third-order valence-electron chi connectivity index (χ3n) is 3.53. The van der Waals surface area contributed by atoms with Gasteiger partial charge in [0.2, 0.25) is 0 Å². The minimum absolute atomic E-state index is 0.105. The highest BCUT2D eigenvalue weighted by atomic mass is 16.5. The summed E-state index contributed by atoms with van der Waals surface area (Å²) < 4.78 is 5.38. The number of hydrogen-bond donors (Lipinski definition) is 0. The lowest BCUT2D eigenvalue weighted by Crippen LogP contribution is -2.15. The van der Waals surface area contributed by atoms with Gasteiger partial charge in [0.05, 0.1) is 7.11 Å². The normalized spacial score (nSPS) is 11.9. The second-order valence-corrected chi connectivity index (χ2v) is 4.83. The van der Waals surface area contributed by atoms with Crippen LogP contribution in [0.25, 0.3) is 0 Å². The highest BCUT2D eigenvalue weighted by molar-refractivity contribution is 5.88. The summed E-state index contributed by atoms with van der Waals surface area (Å²) in [5.41, 5.74) is 2.05. The van der Waals surface area contributed by atoms with Crippen LogP contribution in [0.4, 0.5) is 0 Å². The first-order valence-electron chi connectivity index (χ1n) is 6.95. The Morgan fingerprint density at radius 1 is 1.05 bits per heavy atom. The molecule has 0 spiro atoms. The molecule has 0 radical (unpaired) electrons. The van der Waals surface area contributed by atoms with Gasteiger partial charge >= 0.3 is 0 Å². The van der Waals surface area contributed by atoms with Gasteiger partial charge in [-0.25, -0.2) is 0 Å². The molecule has 0 aliphatic heterocycles. The van der Waals surface area contributed by atoms with Crippen molar-refractivity contribution < 1.29 is 9.53 Å². The first kappa shape index (κ1) is 14.3. The lowest BCUT2D eigenvalue weighted by molar-refractivity contribution is -0.120. The SMILES string of the molecule is CCC(C(=O)Cc1ccccc1)c1ccccc1OC. The van der Waals surface area contributed by atoms with E-state index in [2.05, 4.69) is 0 Å². The third kappa shape index (κ3) is 3.27. The smallest absolute Gasteiger partial charge is 0.144 e. The molecule has 1 unspecified atom stereocenters. The molecule has 2 heteroatoms. The Labute approximate surface area is 120 Å². The lowest BCUT2D eigenvalue weighted by atomic mass is 9.88. The standard InChI is InChI=1S/C18H20O2/c1-3-15(16-11-7-8-12-18(16)20-2)17(19)13-14-9-5-4-6-10-14/h4-12,15H,3,13H2,1-2H3. The molecule has 104 valence electrons. The molecule has 0 aliphatic carbocycles. The molecule has 0 fully saturated rings. The molecule has 2 aromatic rings. The van der Waals surface area contributed by atoms with Gasteiger partial charge < -0.3 is 4.74 Å². The quantitative estimate of drug-likeness (QED) is 0.791. The van der Waals surface area contributed by atoms with Gasteiger partial charge in [0, 0.05) is 17.9 Å². The topological polar surface area (TPSA) is 26.3 Å². The number of ketones is 1. The highest BCUT2D eigenvalue weighted by Gasteiger charge is 2.21. The molecule has 0 saturated heterocycles. The van der Waals surface area contributed by atoms with Crippen LogP contribution < -0.4 is 4.74 Å². The second kappa shape index (κ2) is 6.90. The molecule has 0 N–H and O–H groups in total.